The SMILES string of the molecule is Cc1cnc(-c2ccnc(C(C)(C)O)n2)cc1-n1c(C)cc(NCc2ncc(F)cc2F)c(Cl)c1=O. The van der Waals surface area contributed by atoms with Gasteiger partial charge in [-0.15, -0.1) is 0 Å². The third-order valence-corrected chi connectivity index (χ3v) is 5.81. The molecule has 36 heavy (non-hydrogen) atoms. The maximum atomic E-state index is 13.9. The summed E-state index contributed by atoms with van der Waals surface area (Å²) < 4.78 is 28.5. The first kappa shape index (κ1) is 25.3. The lowest BCUT2D eigenvalue weighted by Crippen LogP contribution is -2.23. The second-order valence-corrected chi connectivity index (χ2v) is 9.15. The molecule has 0 bridgehead atoms. The molecule has 186 valence electrons. The largest absolute Gasteiger partial charge is 0.382 e. The summed E-state index contributed by atoms with van der Waals surface area (Å²) in [4.78, 5) is 30.0. The van der Waals surface area contributed by atoms with Gasteiger partial charge in [-0.05, 0) is 51.5 Å². The van der Waals surface area contributed by atoms with E-state index in [1.165, 1.54) is 10.8 Å². The summed E-state index contributed by atoms with van der Waals surface area (Å²) in [7, 11) is 0. The highest BCUT2D eigenvalue weighted by Gasteiger charge is 2.21. The Morgan fingerprint density at radius 2 is 1.83 bits per heavy atom. The number of aliphatic hydroxyl groups is 1. The lowest BCUT2D eigenvalue weighted by Gasteiger charge is -2.18. The Morgan fingerprint density at radius 1 is 1.08 bits per heavy atom. The third kappa shape index (κ3) is 5.09. The molecule has 2 N–H and O–H groups in total. The van der Waals surface area contributed by atoms with Crippen LogP contribution < -0.4 is 10.9 Å². The minimum absolute atomic E-state index is 0.0146. The molecule has 0 aromatic carbocycles. The van der Waals surface area contributed by atoms with E-state index >= 15 is 0 Å². The van der Waals surface area contributed by atoms with Gasteiger partial charge in [0.25, 0.3) is 5.56 Å². The van der Waals surface area contributed by atoms with E-state index in [4.69, 9.17) is 11.6 Å². The zero-order chi connectivity index (χ0) is 26.2. The van der Waals surface area contributed by atoms with Crippen molar-refractivity contribution in [2.45, 2.75) is 39.8 Å². The van der Waals surface area contributed by atoms with E-state index in [2.05, 4.69) is 25.3 Å². The van der Waals surface area contributed by atoms with Crippen LogP contribution in [0.1, 0.15) is 36.6 Å². The number of anilines is 1. The molecule has 0 radical (unpaired) electrons. The normalized spacial score (nSPS) is 11.6. The van der Waals surface area contributed by atoms with Crippen LogP contribution in [0.4, 0.5) is 14.5 Å². The van der Waals surface area contributed by atoms with Crippen LogP contribution in [0.15, 0.2) is 47.7 Å². The van der Waals surface area contributed by atoms with Gasteiger partial charge in [-0.1, -0.05) is 11.6 Å². The van der Waals surface area contributed by atoms with Crippen LogP contribution >= 0.6 is 11.6 Å². The molecule has 4 aromatic heterocycles. The number of nitrogens with one attached hydrogen (secondary N) is 1. The Balaban J connectivity index is 1.72. The molecule has 11 heteroatoms. The molecule has 4 rings (SSSR count). The Labute approximate surface area is 210 Å². The van der Waals surface area contributed by atoms with Gasteiger partial charge in [0.1, 0.15) is 22.3 Å². The number of pyridine rings is 3. The topological polar surface area (TPSA) is 106 Å². The van der Waals surface area contributed by atoms with E-state index in [9.17, 15) is 18.7 Å². The molecule has 0 saturated carbocycles. The summed E-state index contributed by atoms with van der Waals surface area (Å²) in [6, 6.07) is 5.76. The fourth-order valence-corrected chi connectivity index (χ4v) is 3.79. The Bertz CT molecular complexity index is 1520. The molecule has 0 amide bonds. The molecule has 0 unspecified atom stereocenters. The Kier molecular flexibility index (Phi) is 6.83. The predicted molar refractivity (Wildman–Crippen MR) is 132 cm³/mol. The smallest absolute Gasteiger partial charge is 0.276 e. The second kappa shape index (κ2) is 9.71. The number of aryl methyl sites for hydroxylation is 2. The van der Waals surface area contributed by atoms with Gasteiger partial charge in [-0.3, -0.25) is 19.3 Å². The van der Waals surface area contributed by atoms with Crippen LogP contribution in [-0.2, 0) is 12.1 Å². The standard InChI is InChI=1S/C25H23ClF2N6O2/c1-13-10-30-18(17-5-6-29-24(33-17)25(3,4)36)9-21(13)34-14(2)7-19(22(26)23(34)35)32-12-20-16(28)8-15(27)11-31-20/h5-11,32,36H,12H2,1-4H3. The second-order valence-electron chi connectivity index (χ2n) is 8.77. The van der Waals surface area contributed by atoms with Gasteiger partial charge in [-0.25, -0.2) is 18.7 Å². The average Bonchev–Trinajstić information content (AvgIpc) is 2.82. The highest BCUT2D eigenvalue weighted by Crippen LogP contribution is 2.26. The van der Waals surface area contributed by atoms with E-state index in [0.29, 0.717) is 28.5 Å². The van der Waals surface area contributed by atoms with Crippen molar-refractivity contribution < 1.29 is 13.9 Å². The molecule has 4 aromatic rings. The first-order valence-electron chi connectivity index (χ1n) is 10.9. The zero-order valence-electron chi connectivity index (χ0n) is 20.0. The van der Waals surface area contributed by atoms with Crippen molar-refractivity contribution in [3.05, 3.63) is 92.6 Å². The maximum absolute atomic E-state index is 13.9. The summed E-state index contributed by atoms with van der Waals surface area (Å²) >= 11 is 6.40. The number of halogens is 3. The maximum Gasteiger partial charge on any atom is 0.276 e. The molecule has 8 nitrogen and oxygen atoms in total. The van der Waals surface area contributed by atoms with Gasteiger partial charge in [0.05, 0.1) is 41.2 Å². The Hall–Kier alpha value is -3.76. The minimum Gasteiger partial charge on any atom is -0.382 e. The minimum atomic E-state index is -1.24. The van der Waals surface area contributed by atoms with Gasteiger partial charge in [-0.2, -0.15) is 0 Å². The van der Waals surface area contributed by atoms with Gasteiger partial charge < -0.3 is 10.4 Å². The summed E-state index contributed by atoms with van der Waals surface area (Å²) in [6.07, 6.45) is 4.06. The highest BCUT2D eigenvalue weighted by atomic mass is 35.5. The van der Waals surface area contributed by atoms with E-state index in [1.807, 2.05) is 6.92 Å². The molecule has 0 saturated heterocycles. The van der Waals surface area contributed by atoms with E-state index in [0.717, 1.165) is 17.8 Å². The van der Waals surface area contributed by atoms with Crippen LogP contribution in [0.25, 0.3) is 17.1 Å². The van der Waals surface area contributed by atoms with Gasteiger partial charge in [0.2, 0.25) is 0 Å². The van der Waals surface area contributed by atoms with Crippen molar-refractivity contribution in [3.63, 3.8) is 0 Å². The number of nitrogens with zero attached hydrogens (tertiary/aromatic N) is 5. The molecule has 4 heterocycles. The lowest BCUT2D eigenvalue weighted by atomic mass is 10.1. The average molecular weight is 513 g/mol. The molecule has 0 aliphatic carbocycles. The molecule has 0 atom stereocenters. The van der Waals surface area contributed by atoms with Crippen LogP contribution in [0.3, 0.4) is 0 Å². The monoisotopic (exact) mass is 512 g/mol. The Morgan fingerprint density at radius 3 is 2.53 bits per heavy atom. The number of rotatable bonds is 6. The van der Waals surface area contributed by atoms with Crippen LogP contribution in [0.5, 0.6) is 0 Å². The van der Waals surface area contributed by atoms with E-state index < -0.39 is 22.8 Å². The fraction of sp³-hybridized carbons (Fsp3) is 0.240. The number of hydrogen-bond acceptors (Lipinski definition) is 7. The van der Waals surface area contributed by atoms with Crippen LogP contribution in [0, 0.1) is 25.5 Å². The van der Waals surface area contributed by atoms with Crippen molar-refractivity contribution >= 4 is 17.3 Å². The van der Waals surface area contributed by atoms with Crippen molar-refractivity contribution in [1.82, 2.24) is 24.5 Å². The summed E-state index contributed by atoms with van der Waals surface area (Å²) in [5.74, 6) is -1.35. The van der Waals surface area contributed by atoms with Crippen molar-refractivity contribution in [3.8, 4) is 17.1 Å². The number of hydrogen-bond donors (Lipinski definition) is 2. The molecule has 0 aliphatic rings. The van der Waals surface area contributed by atoms with E-state index in [1.54, 1.807) is 45.2 Å². The quantitative estimate of drug-likeness (QED) is 0.392. The van der Waals surface area contributed by atoms with Crippen molar-refractivity contribution in [2.24, 2.45) is 0 Å². The lowest BCUT2D eigenvalue weighted by molar-refractivity contribution is 0.0688. The van der Waals surface area contributed by atoms with Crippen molar-refractivity contribution in [2.75, 3.05) is 5.32 Å². The molecule has 0 aliphatic heterocycles. The van der Waals surface area contributed by atoms with Gasteiger partial charge >= 0.3 is 0 Å². The molecule has 0 spiro atoms. The first-order valence-corrected chi connectivity index (χ1v) is 11.3. The number of aromatic nitrogens is 5. The highest BCUT2D eigenvalue weighted by molar-refractivity contribution is 6.33. The molecular weight excluding hydrogens is 490 g/mol. The van der Waals surface area contributed by atoms with Gasteiger partial charge in [0, 0.05) is 24.2 Å². The van der Waals surface area contributed by atoms with Crippen LogP contribution in [0.2, 0.25) is 5.02 Å². The zero-order valence-corrected chi connectivity index (χ0v) is 20.7. The summed E-state index contributed by atoms with van der Waals surface area (Å²) in [5, 5.41) is 13.1. The predicted octanol–water partition coefficient (Wildman–Crippen LogP) is 4.47. The first-order chi connectivity index (χ1) is 17.0. The fourth-order valence-electron chi connectivity index (χ4n) is 3.58. The van der Waals surface area contributed by atoms with Crippen LogP contribution in [-0.4, -0.2) is 29.6 Å². The summed E-state index contributed by atoms with van der Waals surface area (Å²) in [5.41, 5.74) is 1.32. The van der Waals surface area contributed by atoms with E-state index in [-0.39, 0.29) is 23.1 Å². The van der Waals surface area contributed by atoms with Gasteiger partial charge in [0.15, 0.2) is 5.82 Å². The summed E-state index contributed by atoms with van der Waals surface area (Å²) in [6.45, 7) is 6.62. The van der Waals surface area contributed by atoms with Crippen molar-refractivity contribution in [1.29, 1.82) is 0 Å². The third-order valence-electron chi connectivity index (χ3n) is 5.44. The molecule has 0 fully saturated rings. The molecular formula is C25H23ClF2N6O2.